The fourth-order valence-corrected chi connectivity index (χ4v) is 2.73. The van der Waals surface area contributed by atoms with Gasteiger partial charge in [-0.15, -0.1) is 0 Å². The van der Waals surface area contributed by atoms with Crippen LogP contribution in [0.25, 0.3) is 0 Å². The zero-order valence-electron chi connectivity index (χ0n) is 15.2. The number of hydrogen-bond acceptors (Lipinski definition) is 7. The number of halogens is 1. The Bertz CT molecular complexity index is 919. The minimum absolute atomic E-state index is 0.183. The first-order valence-corrected chi connectivity index (χ1v) is 9.06. The van der Waals surface area contributed by atoms with Gasteiger partial charge in [0.05, 0.1) is 17.9 Å². The van der Waals surface area contributed by atoms with Gasteiger partial charge in [-0.1, -0.05) is 6.92 Å². The summed E-state index contributed by atoms with van der Waals surface area (Å²) >= 11 is 0. The van der Waals surface area contributed by atoms with Crippen molar-refractivity contribution in [1.82, 2.24) is 30.1 Å². The van der Waals surface area contributed by atoms with E-state index in [2.05, 4.69) is 40.8 Å². The zero-order valence-corrected chi connectivity index (χ0v) is 15.2. The third-order valence-corrected chi connectivity index (χ3v) is 4.39. The quantitative estimate of drug-likeness (QED) is 0.586. The summed E-state index contributed by atoms with van der Waals surface area (Å²) in [5, 5.41) is 13.7. The molecule has 4 rings (SSSR count). The molecule has 140 valence electrons. The molecule has 0 aliphatic heterocycles. The van der Waals surface area contributed by atoms with E-state index in [0.29, 0.717) is 41.6 Å². The lowest BCUT2D eigenvalue weighted by Gasteiger charge is -2.14. The van der Waals surface area contributed by atoms with Gasteiger partial charge in [0.15, 0.2) is 5.82 Å². The standard InChI is InChI=1S/C18H21FN8/c1-3-15-22-17(21-10(2)13-7-6-12(19)9-20-13)25-18(23-15)24-16-8-14(26-27-16)11-4-5-11/h6-11H,3-5H2,1-2H3,(H3,21,22,23,24,25,26,27). The first-order valence-electron chi connectivity index (χ1n) is 9.06. The van der Waals surface area contributed by atoms with Crippen LogP contribution in [0.2, 0.25) is 0 Å². The Morgan fingerprint density at radius 1 is 1.22 bits per heavy atom. The maximum Gasteiger partial charge on any atom is 0.233 e. The number of aryl methyl sites for hydroxylation is 1. The molecule has 1 aliphatic rings. The van der Waals surface area contributed by atoms with E-state index in [-0.39, 0.29) is 11.9 Å². The smallest absolute Gasteiger partial charge is 0.233 e. The van der Waals surface area contributed by atoms with Gasteiger partial charge < -0.3 is 10.6 Å². The van der Waals surface area contributed by atoms with Crippen LogP contribution in [0.15, 0.2) is 24.4 Å². The molecule has 3 aromatic rings. The zero-order chi connectivity index (χ0) is 18.8. The number of hydrogen-bond donors (Lipinski definition) is 3. The van der Waals surface area contributed by atoms with Crippen LogP contribution in [0, 0.1) is 5.82 Å². The molecule has 8 nitrogen and oxygen atoms in total. The van der Waals surface area contributed by atoms with E-state index in [1.165, 1.54) is 25.1 Å². The van der Waals surface area contributed by atoms with E-state index in [9.17, 15) is 4.39 Å². The number of nitrogens with zero attached hydrogens (tertiary/aromatic N) is 5. The Morgan fingerprint density at radius 3 is 2.74 bits per heavy atom. The second-order valence-electron chi connectivity index (χ2n) is 6.63. The minimum Gasteiger partial charge on any atom is -0.346 e. The Labute approximate surface area is 156 Å². The van der Waals surface area contributed by atoms with Crippen LogP contribution < -0.4 is 10.6 Å². The van der Waals surface area contributed by atoms with Gasteiger partial charge >= 0.3 is 0 Å². The lowest BCUT2D eigenvalue weighted by atomic mass is 10.2. The first-order chi connectivity index (χ1) is 13.1. The Hall–Kier alpha value is -3.10. The molecule has 27 heavy (non-hydrogen) atoms. The number of rotatable bonds is 7. The topological polar surface area (TPSA) is 104 Å². The number of H-pyrrole nitrogens is 1. The summed E-state index contributed by atoms with van der Waals surface area (Å²) in [6.07, 6.45) is 4.27. The van der Waals surface area contributed by atoms with E-state index in [1.807, 2.05) is 19.9 Å². The molecule has 9 heteroatoms. The van der Waals surface area contributed by atoms with Gasteiger partial charge in [0.2, 0.25) is 11.9 Å². The van der Waals surface area contributed by atoms with Crippen molar-refractivity contribution in [2.75, 3.05) is 10.6 Å². The second kappa shape index (κ2) is 7.26. The van der Waals surface area contributed by atoms with Crippen molar-refractivity contribution in [3.8, 4) is 0 Å². The third kappa shape index (κ3) is 4.18. The van der Waals surface area contributed by atoms with Gasteiger partial charge in [-0.2, -0.15) is 20.1 Å². The molecule has 1 aliphatic carbocycles. The predicted molar refractivity (Wildman–Crippen MR) is 99.3 cm³/mol. The van der Waals surface area contributed by atoms with Crippen LogP contribution in [-0.4, -0.2) is 30.1 Å². The number of pyridine rings is 1. The SMILES string of the molecule is CCc1nc(Nc2cc(C3CC3)[nH]n2)nc(NC(C)c2ccc(F)cn2)n1. The van der Waals surface area contributed by atoms with E-state index < -0.39 is 0 Å². The highest BCUT2D eigenvalue weighted by atomic mass is 19.1. The van der Waals surface area contributed by atoms with E-state index in [0.717, 1.165) is 5.69 Å². The minimum atomic E-state index is -0.365. The molecule has 0 aromatic carbocycles. The summed E-state index contributed by atoms with van der Waals surface area (Å²) in [7, 11) is 0. The van der Waals surface area contributed by atoms with Crippen molar-refractivity contribution < 1.29 is 4.39 Å². The van der Waals surface area contributed by atoms with Crippen LogP contribution in [0.5, 0.6) is 0 Å². The number of nitrogens with one attached hydrogen (secondary N) is 3. The fraction of sp³-hybridized carbons (Fsp3) is 0.389. The molecule has 3 aromatic heterocycles. The predicted octanol–water partition coefficient (Wildman–Crippen LogP) is 3.49. The summed E-state index contributed by atoms with van der Waals surface area (Å²) in [5.41, 5.74) is 1.84. The molecule has 1 fully saturated rings. The molecular formula is C18H21FN8. The van der Waals surface area contributed by atoms with Gasteiger partial charge in [0.25, 0.3) is 0 Å². The molecule has 0 radical (unpaired) electrons. The highest BCUT2D eigenvalue weighted by molar-refractivity contribution is 5.50. The average molecular weight is 368 g/mol. The van der Waals surface area contributed by atoms with Crippen LogP contribution >= 0.6 is 0 Å². The van der Waals surface area contributed by atoms with E-state index in [1.54, 1.807) is 6.07 Å². The Kier molecular flexibility index (Phi) is 4.66. The Morgan fingerprint density at radius 2 is 2.04 bits per heavy atom. The molecule has 3 heterocycles. The molecular weight excluding hydrogens is 347 g/mol. The highest BCUT2D eigenvalue weighted by Crippen LogP contribution is 2.39. The summed E-state index contributed by atoms with van der Waals surface area (Å²) in [6, 6.07) is 4.83. The average Bonchev–Trinajstić information content (AvgIpc) is 3.41. The molecule has 0 spiro atoms. The monoisotopic (exact) mass is 368 g/mol. The van der Waals surface area contributed by atoms with E-state index >= 15 is 0 Å². The maximum absolute atomic E-state index is 13.1. The van der Waals surface area contributed by atoms with Gasteiger partial charge in [0, 0.05) is 24.1 Å². The summed E-state index contributed by atoms with van der Waals surface area (Å²) in [5.74, 6) is 2.43. The normalized spacial score (nSPS) is 14.8. The molecule has 1 atom stereocenters. The van der Waals surface area contributed by atoms with Crippen molar-refractivity contribution in [2.24, 2.45) is 0 Å². The summed E-state index contributed by atoms with van der Waals surface area (Å²) in [6.45, 7) is 3.89. The lowest BCUT2D eigenvalue weighted by Crippen LogP contribution is -2.13. The van der Waals surface area contributed by atoms with Gasteiger partial charge in [-0.3, -0.25) is 10.1 Å². The summed E-state index contributed by atoms with van der Waals surface area (Å²) in [4.78, 5) is 17.4. The van der Waals surface area contributed by atoms with Crippen LogP contribution in [0.3, 0.4) is 0 Å². The van der Waals surface area contributed by atoms with Gasteiger partial charge in [-0.05, 0) is 31.9 Å². The third-order valence-electron chi connectivity index (χ3n) is 4.39. The van der Waals surface area contributed by atoms with Gasteiger partial charge in [0.1, 0.15) is 11.6 Å². The molecule has 1 saturated carbocycles. The van der Waals surface area contributed by atoms with Crippen LogP contribution in [-0.2, 0) is 6.42 Å². The van der Waals surface area contributed by atoms with Crippen molar-refractivity contribution in [2.45, 2.75) is 45.1 Å². The Balaban J connectivity index is 1.51. The van der Waals surface area contributed by atoms with Crippen molar-refractivity contribution >= 4 is 17.7 Å². The highest BCUT2D eigenvalue weighted by Gasteiger charge is 2.25. The summed E-state index contributed by atoms with van der Waals surface area (Å²) < 4.78 is 13.1. The molecule has 0 amide bonds. The number of aromatic amines is 1. The number of anilines is 3. The molecule has 1 unspecified atom stereocenters. The first kappa shape index (κ1) is 17.3. The fourth-order valence-electron chi connectivity index (χ4n) is 2.73. The van der Waals surface area contributed by atoms with Crippen molar-refractivity contribution in [3.63, 3.8) is 0 Å². The molecule has 0 bridgehead atoms. The van der Waals surface area contributed by atoms with Crippen molar-refractivity contribution in [3.05, 3.63) is 47.4 Å². The lowest BCUT2D eigenvalue weighted by molar-refractivity contribution is 0.617. The van der Waals surface area contributed by atoms with Crippen molar-refractivity contribution in [1.29, 1.82) is 0 Å². The largest absolute Gasteiger partial charge is 0.346 e. The van der Waals surface area contributed by atoms with Crippen LogP contribution in [0.1, 0.15) is 55.9 Å². The van der Waals surface area contributed by atoms with E-state index in [4.69, 9.17) is 0 Å². The number of aromatic nitrogens is 6. The van der Waals surface area contributed by atoms with Crippen LogP contribution in [0.4, 0.5) is 22.1 Å². The molecule has 3 N–H and O–H groups in total. The molecule has 0 saturated heterocycles. The second-order valence-corrected chi connectivity index (χ2v) is 6.63. The maximum atomic E-state index is 13.1. The van der Waals surface area contributed by atoms with Gasteiger partial charge in [-0.25, -0.2) is 4.39 Å².